The summed E-state index contributed by atoms with van der Waals surface area (Å²) < 4.78 is 4.52. The summed E-state index contributed by atoms with van der Waals surface area (Å²) in [6.45, 7) is 0.120. The molecule has 1 atom stereocenters. The van der Waals surface area contributed by atoms with Gasteiger partial charge in [0.15, 0.2) is 0 Å². The Morgan fingerprint density at radius 3 is 2.22 bits per heavy atom. The second-order valence-electron chi connectivity index (χ2n) is 6.18. The molecule has 6 nitrogen and oxygen atoms in total. The van der Waals surface area contributed by atoms with Gasteiger partial charge in [-0.15, -0.1) is 0 Å². The van der Waals surface area contributed by atoms with E-state index in [2.05, 4.69) is 10.1 Å². The summed E-state index contributed by atoms with van der Waals surface area (Å²) in [6, 6.07) is 17.6. The molecule has 0 aliphatic rings. The number of carbonyl (C=O) groups excluding carboxylic acids is 2. The minimum Gasteiger partial charge on any atom is -0.481 e. The Kier molecular flexibility index (Phi) is 7.55. The third-order valence-corrected chi connectivity index (χ3v) is 4.19. The Hall–Kier alpha value is -3.15. The fourth-order valence-corrected chi connectivity index (χ4v) is 2.75. The van der Waals surface area contributed by atoms with Gasteiger partial charge in [0.2, 0.25) is 5.91 Å². The lowest BCUT2D eigenvalue weighted by Gasteiger charge is -2.15. The first-order valence-electron chi connectivity index (χ1n) is 8.70. The van der Waals surface area contributed by atoms with E-state index in [-0.39, 0.29) is 25.3 Å². The van der Waals surface area contributed by atoms with Crippen LogP contribution in [-0.2, 0) is 25.5 Å². The fourth-order valence-electron chi connectivity index (χ4n) is 2.75. The smallest absolute Gasteiger partial charge is 0.307 e. The van der Waals surface area contributed by atoms with Gasteiger partial charge >= 0.3 is 11.9 Å². The van der Waals surface area contributed by atoms with Gasteiger partial charge in [0.1, 0.15) is 0 Å². The highest BCUT2D eigenvalue weighted by molar-refractivity contribution is 5.83. The van der Waals surface area contributed by atoms with Crippen molar-refractivity contribution in [2.45, 2.75) is 19.3 Å². The summed E-state index contributed by atoms with van der Waals surface area (Å²) in [5, 5.41) is 11.7. The molecule has 142 valence electrons. The van der Waals surface area contributed by atoms with Gasteiger partial charge in [-0.05, 0) is 23.1 Å². The van der Waals surface area contributed by atoms with Gasteiger partial charge < -0.3 is 15.2 Å². The second kappa shape index (κ2) is 10.1. The van der Waals surface area contributed by atoms with E-state index < -0.39 is 17.9 Å². The van der Waals surface area contributed by atoms with Crippen molar-refractivity contribution >= 4 is 17.8 Å². The zero-order valence-electron chi connectivity index (χ0n) is 15.2. The number of nitrogens with one attached hydrogen (secondary N) is 1. The molecule has 6 heteroatoms. The molecule has 2 N–H and O–H groups in total. The van der Waals surface area contributed by atoms with Gasteiger partial charge in [-0.2, -0.15) is 0 Å². The molecule has 0 fully saturated rings. The van der Waals surface area contributed by atoms with Gasteiger partial charge in [0.05, 0.1) is 25.9 Å². The van der Waals surface area contributed by atoms with E-state index in [4.69, 9.17) is 5.11 Å². The predicted octanol–water partition coefficient (Wildman–Crippen LogP) is 2.67. The molecule has 0 aliphatic heterocycles. The van der Waals surface area contributed by atoms with E-state index >= 15 is 0 Å². The lowest BCUT2D eigenvalue weighted by molar-refractivity contribution is -0.142. The lowest BCUT2D eigenvalue weighted by atomic mass is 9.94. The molecular weight excluding hydrogens is 346 g/mol. The monoisotopic (exact) mass is 369 g/mol. The quantitative estimate of drug-likeness (QED) is 0.663. The molecule has 0 aromatic heterocycles. The number of methoxy groups -OCH3 is 1. The van der Waals surface area contributed by atoms with Crippen LogP contribution >= 0.6 is 0 Å². The van der Waals surface area contributed by atoms with Crippen LogP contribution in [0.25, 0.3) is 11.1 Å². The van der Waals surface area contributed by atoms with Crippen LogP contribution in [0.1, 0.15) is 18.4 Å². The van der Waals surface area contributed by atoms with Gasteiger partial charge in [0, 0.05) is 6.54 Å². The zero-order valence-corrected chi connectivity index (χ0v) is 15.2. The Balaban J connectivity index is 2.01. The van der Waals surface area contributed by atoms with Crippen molar-refractivity contribution in [1.82, 2.24) is 5.32 Å². The summed E-state index contributed by atoms with van der Waals surface area (Å²) in [5.41, 5.74) is 3.02. The molecule has 2 aromatic rings. The molecule has 0 bridgehead atoms. The number of hydrogen-bond donors (Lipinski definition) is 2. The number of hydrogen-bond acceptors (Lipinski definition) is 4. The van der Waals surface area contributed by atoms with Crippen LogP contribution in [0.4, 0.5) is 0 Å². The molecule has 27 heavy (non-hydrogen) atoms. The number of carbonyl (C=O) groups is 3. The van der Waals surface area contributed by atoms with Crippen LogP contribution in [-0.4, -0.2) is 36.6 Å². The summed E-state index contributed by atoms with van der Waals surface area (Å²) in [5.74, 6) is -2.55. The van der Waals surface area contributed by atoms with Crippen molar-refractivity contribution in [1.29, 1.82) is 0 Å². The van der Waals surface area contributed by atoms with Crippen molar-refractivity contribution < 1.29 is 24.2 Å². The van der Waals surface area contributed by atoms with Crippen LogP contribution in [0.5, 0.6) is 0 Å². The molecule has 2 aromatic carbocycles. The number of aliphatic carboxylic acids is 1. The molecule has 0 saturated heterocycles. The molecule has 0 heterocycles. The van der Waals surface area contributed by atoms with Crippen LogP contribution < -0.4 is 5.32 Å². The van der Waals surface area contributed by atoms with E-state index in [1.165, 1.54) is 7.11 Å². The number of carboxylic acid groups (broad SMARTS) is 1. The average molecular weight is 369 g/mol. The van der Waals surface area contributed by atoms with Crippen molar-refractivity contribution in [3.8, 4) is 11.1 Å². The molecular formula is C21H23NO5. The number of rotatable bonds is 9. The normalized spacial score (nSPS) is 11.4. The van der Waals surface area contributed by atoms with E-state index in [1.54, 1.807) is 0 Å². The molecule has 2 rings (SSSR count). The third-order valence-electron chi connectivity index (χ3n) is 4.19. The van der Waals surface area contributed by atoms with Crippen LogP contribution in [0.3, 0.4) is 0 Å². The Labute approximate surface area is 158 Å². The van der Waals surface area contributed by atoms with Crippen LogP contribution in [0.15, 0.2) is 54.6 Å². The maximum atomic E-state index is 12.3. The SMILES string of the molecule is COC(=O)CCNC(=O)C(CC(=O)O)Cc1ccc(-c2ccccc2)cc1. The van der Waals surface area contributed by atoms with Crippen LogP contribution in [0.2, 0.25) is 0 Å². The van der Waals surface area contributed by atoms with Crippen molar-refractivity contribution in [2.75, 3.05) is 13.7 Å². The number of benzene rings is 2. The summed E-state index contributed by atoms with van der Waals surface area (Å²) in [6.07, 6.45) is 0.0870. The first-order valence-corrected chi connectivity index (χ1v) is 8.70. The summed E-state index contributed by atoms with van der Waals surface area (Å²) in [7, 11) is 1.27. The van der Waals surface area contributed by atoms with Crippen molar-refractivity contribution in [3.63, 3.8) is 0 Å². The van der Waals surface area contributed by atoms with Crippen LogP contribution in [0, 0.1) is 5.92 Å². The Bertz CT molecular complexity index is 771. The largest absolute Gasteiger partial charge is 0.481 e. The van der Waals surface area contributed by atoms with E-state index in [0.29, 0.717) is 6.42 Å². The summed E-state index contributed by atoms with van der Waals surface area (Å²) >= 11 is 0. The number of ether oxygens (including phenoxy) is 1. The van der Waals surface area contributed by atoms with Crippen molar-refractivity contribution in [3.05, 3.63) is 60.2 Å². The highest BCUT2D eigenvalue weighted by Crippen LogP contribution is 2.21. The highest BCUT2D eigenvalue weighted by atomic mass is 16.5. The van der Waals surface area contributed by atoms with Gasteiger partial charge in [-0.25, -0.2) is 0 Å². The maximum Gasteiger partial charge on any atom is 0.307 e. The molecule has 1 amide bonds. The second-order valence-corrected chi connectivity index (χ2v) is 6.18. The fraction of sp³-hybridized carbons (Fsp3) is 0.286. The Morgan fingerprint density at radius 1 is 1.00 bits per heavy atom. The number of amides is 1. The van der Waals surface area contributed by atoms with Gasteiger partial charge in [0.25, 0.3) is 0 Å². The molecule has 0 aliphatic carbocycles. The van der Waals surface area contributed by atoms with E-state index in [0.717, 1.165) is 16.7 Å². The minimum atomic E-state index is -1.04. The topological polar surface area (TPSA) is 92.7 Å². The van der Waals surface area contributed by atoms with Gasteiger partial charge in [-0.3, -0.25) is 14.4 Å². The first-order chi connectivity index (χ1) is 13.0. The number of carboxylic acids is 1. The summed E-state index contributed by atoms with van der Waals surface area (Å²) in [4.78, 5) is 34.5. The standard InChI is InChI=1S/C21H23NO5/c1-27-20(25)11-12-22-21(26)18(14-19(23)24)13-15-7-9-17(10-8-15)16-5-3-2-4-6-16/h2-10,18H,11-14H2,1H3,(H,22,26)(H,23,24). The first kappa shape index (κ1) is 20.2. The molecule has 1 unspecified atom stereocenters. The Morgan fingerprint density at radius 2 is 1.63 bits per heavy atom. The highest BCUT2D eigenvalue weighted by Gasteiger charge is 2.22. The van der Waals surface area contributed by atoms with E-state index in [9.17, 15) is 14.4 Å². The third kappa shape index (κ3) is 6.58. The minimum absolute atomic E-state index is 0.0494. The van der Waals surface area contributed by atoms with Crippen molar-refractivity contribution in [2.24, 2.45) is 5.92 Å². The average Bonchev–Trinajstić information content (AvgIpc) is 2.68. The molecule has 0 radical (unpaired) electrons. The number of esters is 1. The molecule has 0 spiro atoms. The van der Waals surface area contributed by atoms with E-state index in [1.807, 2.05) is 54.6 Å². The zero-order chi connectivity index (χ0) is 19.6. The van der Waals surface area contributed by atoms with Gasteiger partial charge in [-0.1, -0.05) is 54.6 Å². The molecule has 0 saturated carbocycles. The maximum absolute atomic E-state index is 12.3. The lowest BCUT2D eigenvalue weighted by Crippen LogP contribution is -2.34. The predicted molar refractivity (Wildman–Crippen MR) is 101 cm³/mol.